The fraction of sp³-hybridized carbons (Fsp3) is 0.389. The Morgan fingerprint density at radius 3 is 2.41 bits per heavy atom. The summed E-state index contributed by atoms with van der Waals surface area (Å²) in [6, 6.07) is 6.33. The molecule has 0 spiro atoms. The van der Waals surface area contributed by atoms with Crippen LogP contribution in [-0.2, 0) is 10.0 Å². The number of carbonyl (C=O) groups is 1. The van der Waals surface area contributed by atoms with Crippen LogP contribution in [0.25, 0.3) is 0 Å². The van der Waals surface area contributed by atoms with Gasteiger partial charge in [-0.05, 0) is 55.0 Å². The lowest BCUT2D eigenvalue weighted by Gasteiger charge is -2.31. The summed E-state index contributed by atoms with van der Waals surface area (Å²) in [5.74, 6) is 0.757. The molecule has 0 saturated carbocycles. The highest BCUT2D eigenvalue weighted by Gasteiger charge is 2.28. The molecule has 1 aliphatic rings. The Bertz CT molecular complexity index is 963. The van der Waals surface area contributed by atoms with E-state index in [1.807, 2.05) is 7.05 Å². The van der Waals surface area contributed by atoms with Gasteiger partial charge in [-0.25, -0.2) is 8.42 Å². The van der Waals surface area contributed by atoms with E-state index in [2.05, 4.69) is 26.1 Å². The number of aryl methyl sites for hydroxylation is 2. The SMILES string of the molecule is Cc1oc(C)c(C(=O)Nc2cccc(S(=O)(=O)N3CCN(C)CC3)c2)c1Br. The molecular weight excluding hydrogens is 434 g/mol. The summed E-state index contributed by atoms with van der Waals surface area (Å²) in [5, 5.41) is 2.76. The van der Waals surface area contributed by atoms with Gasteiger partial charge in [-0.3, -0.25) is 4.79 Å². The van der Waals surface area contributed by atoms with Crippen LogP contribution in [0.15, 0.2) is 38.1 Å². The first kappa shape index (κ1) is 20.1. The van der Waals surface area contributed by atoms with Gasteiger partial charge in [-0.1, -0.05) is 6.07 Å². The van der Waals surface area contributed by atoms with E-state index in [0.717, 1.165) is 0 Å². The molecular formula is C18H22BrN3O4S. The van der Waals surface area contributed by atoms with E-state index in [0.29, 0.717) is 53.4 Å². The molecule has 1 aromatic heterocycles. The summed E-state index contributed by atoms with van der Waals surface area (Å²) in [4.78, 5) is 14.9. The monoisotopic (exact) mass is 455 g/mol. The number of nitrogens with one attached hydrogen (secondary N) is 1. The first-order valence-electron chi connectivity index (χ1n) is 8.55. The summed E-state index contributed by atoms with van der Waals surface area (Å²) in [6.45, 7) is 5.77. The van der Waals surface area contributed by atoms with Gasteiger partial charge in [0.25, 0.3) is 5.91 Å². The average Bonchev–Trinajstić information content (AvgIpc) is 2.87. The second kappa shape index (κ2) is 7.75. The predicted octanol–water partition coefficient (Wildman–Crippen LogP) is 2.85. The van der Waals surface area contributed by atoms with Gasteiger partial charge in [-0.15, -0.1) is 0 Å². The topological polar surface area (TPSA) is 82.9 Å². The number of furan rings is 1. The lowest BCUT2D eigenvalue weighted by Crippen LogP contribution is -2.47. The quantitative estimate of drug-likeness (QED) is 0.765. The minimum atomic E-state index is -3.59. The van der Waals surface area contributed by atoms with Crippen LogP contribution in [0, 0.1) is 13.8 Å². The number of sulfonamides is 1. The van der Waals surface area contributed by atoms with Crippen molar-refractivity contribution in [2.45, 2.75) is 18.7 Å². The van der Waals surface area contributed by atoms with E-state index in [4.69, 9.17) is 4.42 Å². The largest absolute Gasteiger partial charge is 0.465 e. The van der Waals surface area contributed by atoms with Crippen LogP contribution >= 0.6 is 15.9 Å². The van der Waals surface area contributed by atoms with Crippen LogP contribution in [-0.4, -0.2) is 56.8 Å². The van der Waals surface area contributed by atoms with Crippen molar-refractivity contribution >= 4 is 37.5 Å². The van der Waals surface area contributed by atoms with Gasteiger partial charge in [0.1, 0.15) is 11.5 Å². The van der Waals surface area contributed by atoms with Gasteiger partial charge in [0.2, 0.25) is 10.0 Å². The van der Waals surface area contributed by atoms with E-state index >= 15 is 0 Å². The van der Waals surface area contributed by atoms with E-state index in [1.165, 1.54) is 10.4 Å². The third kappa shape index (κ3) is 4.11. The lowest BCUT2D eigenvalue weighted by molar-refractivity contribution is 0.102. The zero-order valence-electron chi connectivity index (χ0n) is 15.5. The Balaban J connectivity index is 1.82. The normalized spacial score (nSPS) is 16.4. The molecule has 1 saturated heterocycles. The molecule has 1 amide bonds. The van der Waals surface area contributed by atoms with Crippen LogP contribution in [0.3, 0.4) is 0 Å². The number of carbonyl (C=O) groups excluding carboxylic acids is 1. The molecule has 1 fully saturated rings. The fourth-order valence-electron chi connectivity index (χ4n) is 3.02. The van der Waals surface area contributed by atoms with Gasteiger partial charge in [0.05, 0.1) is 14.9 Å². The minimum absolute atomic E-state index is 0.170. The Kier molecular flexibility index (Phi) is 5.76. The minimum Gasteiger partial charge on any atom is -0.465 e. The van der Waals surface area contributed by atoms with Crippen LogP contribution in [0.5, 0.6) is 0 Å². The van der Waals surface area contributed by atoms with Crippen molar-refractivity contribution in [1.29, 1.82) is 0 Å². The number of anilines is 1. The van der Waals surface area contributed by atoms with Crippen molar-refractivity contribution in [3.63, 3.8) is 0 Å². The molecule has 1 N–H and O–H groups in total. The molecule has 0 unspecified atom stereocenters. The van der Waals surface area contributed by atoms with E-state index in [-0.39, 0.29) is 10.8 Å². The van der Waals surface area contributed by atoms with Crippen molar-refractivity contribution in [3.8, 4) is 0 Å². The molecule has 9 heteroatoms. The fourth-order valence-corrected chi connectivity index (χ4v) is 5.03. The highest BCUT2D eigenvalue weighted by atomic mass is 79.9. The van der Waals surface area contributed by atoms with E-state index < -0.39 is 10.0 Å². The summed E-state index contributed by atoms with van der Waals surface area (Å²) in [6.07, 6.45) is 0. The zero-order valence-corrected chi connectivity index (χ0v) is 17.9. The van der Waals surface area contributed by atoms with Crippen LogP contribution < -0.4 is 5.32 Å². The van der Waals surface area contributed by atoms with Crippen molar-refractivity contribution < 1.29 is 17.6 Å². The summed E-state index contributed by atoms with van der Waals surface area (Å²) < 4.78 is 33.3. The van der Waals surface area contributed by atoms with Crippen molar-refractivity contribution in [3.05, 3.63) is 45.8 Å². The van der Waals surface area contributed by atoms with Crippen molar-refractivity contribution in [2.75, 3.05) is 38.5 Å². The highest BCUT2D eigenvalue weighted by Crippen LogP contribution is 2.28. The molecule has 0 aliphatic carbocycles. The van der Waals surface area contributed by atoms with Crippen LogP contribution in [0.4, 0.5) is 5.69 Å². The maximum Gasteiger partial charge on any atom is 0.260 e. The summed E-state index contributed by atoms with van der Waals surface area (Å²) >= 11 is 3.36. The maximum absolute atomic E-state index is 12.9. The van der Waals surface area contributed by atoms with Gasteiger partial charge in [0, 0.05) is 31.9 Å². The van der Waals surface area contributed by atoms with Gasteiger partial charge in [0.15, 0.2) is 0 Å². The molecule has 27 heavy (non-hydrogen) atoms. The highest BCUT2D eigenvalue weighted by molar-refractivity contribution is 9.10. The number of hydrogen-bond donors (Lipinski definition) is 1. The molecule has 2 aromatic rings. The molecule has 146 valence electrons. The number of amides is 1. The first-order chi connectivity index (χ1) is 12.7. The Morgan fingerprint density at radius 2 is 1.81 bits per heavy atom. The molecule has 7 nitrogen and oxygen atoms in total. The summed E-state index contributed by atoms with van der Waals surface area (Å²) in [7, 11) is -1.62. The van der Waals surface area contributed by atoms with Crippen LogP contribution in [0.1, 0.15) is 21.9 Å². The van der Waals surface area contributed by atoms with Crippen molar-refractivity contribution in [2.24, 2.45) is 0 Å². The molecule has 0 atom stereocenters. The third-order valence-electron chi connectivity index (χ3n) is 4.61. The Labute approximate surface area is 167 Å². The van der Waals surface area contributed by atoms with E-state index in [1.54, 1.807) is 32.0 Å². The van der Waals surface area contributed by atoms with Gasteiger partial charge < -0.3 is 14.6 Å². The standard InChI is InChI=1S/C18H22BrN3O4S/c1-12-16(17(19)13(2)26-12)18(23)20-14-5-4-6-15(11-14)27(24,25)22-9-7-21(3)8-10-22/h4-6,11H,7-10H2,1-3H3,(H,20,23). The molecule has 3 rings (SSSR count). The molecule has 0 radical (unpaired) electrons. The number of rotatable bonds is 4. The first-order valence-corrected chi connectivity index (χ1v) is 10.8. The third-order valence-corrected chi connectivity index (χ3v) is 7.46. The zero-order chi connectivity index (χ0) is 19.8. The van der Waals surface area contributed by atoms with Gasteiger partial charge >= 0.3 is 0 Å². The number of likely N-dealkylation sites (N-methyl/N-ethyl adjacent to an activating group) is 1. The Hall–Kier alpha value is -1.68. The lowest BCUT2D eigenvalue weighted by atomic mass is 10.2. The number of nitrogens with zero attached hydrogens (tertiary/aromatic N) is 2. The average molecular weight is 456 g/mol. The number of piperazine rings is 1. The number of halogens is 1. The maximum atomic E-state index is 12.9. The van der Waals surface area contributed by atoms with Crippen LogP contribution in [0.2, 0.25) is 0 Å². The smallest absolute Gasteiger partial charge is 0.260 e. The second-order valence-corrected chi connectivity index (χ2v) is 9.32. The second-order valence-electron chi connectivity index (χ2n) is 6.59. The Morgan fingerprint density at radius 1 is 1.15 bits per heavy atom. The van der Waals surface area contributed by atoms with Crippen molar-refractivity contribution in [1.82, 2.24) is 9.21 Å². The van der Waals surface area contributed by atoms with E-state index in [9.17, 15) is 13.2 Å². The molecule has 1 aliphatic heterocycles. The molecule has 1 aromatic carbocycles. The number of hydrogen-bond acceptors (Lipinski definition) is 5. The molecule has 0 bridgehead atoms. The van der Waals surface area contributed by atoms with Gasteiger partial charge in [-0.2, -0.15) is 4.31 Å². The predicted molar refractivity (Wildman–Crippen MR) is 107 cm³/mol. The molecule has 2 heterocycles. The number of benzene rings is 1. The summed E-state index contributed by atoms with van der Waals surface area (Å²) in [5.41, 5.74) is 0.820.